The Morgan fingerprint density at radius 3 is 2.73 bits per heavy atom. The first-order valence-electron chi connectivity index (χ1n) is 8.15. The quantitative estimate of drug-likeness (QED) is 0.896. The molecule has 2 aliphatic heterocycles. The van der Waals surface area contributed by atoms with E-state index in [1.165, 1.54) is 6.42 Å². The fourth-order valence-corrected chi connectivity index (χ4v) is 3.13. The van der Waals surface area contributed by atoms with E-state index in [-0.39, 0.29) is 17.7 Å². The zero-order chi connectivity index (χ0) is 15.4. The highest BCUT2D eigenvalue weighted by molar-refractivity contribution is 5.97. The number of piperidine rings is 1. The molecule has 1 atom stereocenters. The molecule has 1 aromatic rings. The van der Waals surface area contributed by atoms with Gasteiger partial charge in [0.2, 0.25) is 5.91 Å². The van der Waals surface area contributed by atoms with Gasteiger partial charge in [-0.1, -0.05) is 6.07 Å². The Balaban J connectivity index is 1.66. The average molecular weight is 301 g/mol. The summed E-state index contributed by atoms with van der Waals surface area (Å²) in [5.41, 5.74) is 1.36. The maximum atomic E-state index is 12.5. The molecule has 0 saturated carbocycles. The molecule has 0 aromatic heterocycles. The second-order valence-corrected chi connectivity index (χ2v) is 6.11. The lowest BCUT2D eigenvalue weighted by molar-refractivity contribution is -0.119. The summed E-state index contributed by atoms with van der Waals surface area (Å²) in [6, 6.07) is 7.29. The zero-order valence-corrected chi connectivity index (χ0v) is 12.8. The van der Waals surface area contributed by atoms with Gasteiger partial charge in [0, 0.05) is 30.9 Å². The number of nitrogens with one attached hydrogen (secondary N) is 2. The summed E-state index contributed by atoms with van der Waals surface area (Å²) in [5.74, 6) is 0.132. The normalized spacial score (nSPS) is 21.6. The summed E-state index contributed by atoms with van der Waals surface area (Å²) in [6.45, 7) is 3.30. The molecule has 118 valence electrons. The Kier molecular flexibility index (Phi) is 4.73. The Labute approximate surface area is 131 Å². The molecular weight excluding hydrogens is 278 g/mol. The summed E-state index contributed by atoms with van der Waals surface area (Å²) >= 11 is 0. The van der Waals surface area contributed by atoms with Gasteiger partial charge in [0.05, 0.1) is 5.92 Å². The minimum Gasteiger partial charge on any atom is -0.339 e. The fourth-order valence-electron chi connectivity index (χ4n) is 3.13. The van der Waals surface area contributed by atoms with Gasteiger partial charge in [-0.25, -0.2) is 0 Å². The van der Waals surface area contributed by atoms with Crippen molar-refractivity contribution in [3.05, 3.63) is 29.8 Å². The van der Waals surface area contributed by atoms with Crippen molar-refractivity contribution < 1.29 is 9.59 Å². The lowest BCUT2D eigenvalue weighted by Crippen LogP contribution is -2.35. The van der Waals surface area contributed by atoms with Crippen LogP contribution in [0.4, 0.5) is 5.69 Å². The highest BCUT2D eigenvalue weighted by atomic mass is 16.2. The largest absolute Gasteiger partial charge is 0.339 e. The number of likely N-dealkylation sites (tertiary alicyclic amines) is 1. The first kappa shape index (κ1) is 15.0. The molecule has 0 spiro atoms. The number of nitrogens with zero attached hydrogens (tertiary/aromatic N) is 1. The van der Waals surface area contributed by atoms with Crippen molar-refractivity contribution in [3.8, 4) is 0 Å². The van der Waals surface area contributed by atoms with Crippen LogP contribution >= 0.6 is 0 Å². The summed E-state index contributed by atoms with van der Waals surface area (Å²) < 4.78 is 0. The molecule has 2 N–H and O–H groups in total. The molecule has 5 heteroatoms. The van der Waals surface area contributed by atoms with Crippen LogP contribution in [0.3, 0.4) is 0 Å². The van der Waals surface area contributed by atoms with E-state index >= 15 is 0 Å². The van der Waals surface area contributed by atoms with Crippen molar-refractivity contribution >= 4 is 17.5 Å². The smallest absolute Gasteiger partial charge is 0.253 e. The minimum atomic E-state index is 0.0291. The highest BCUT2D eigenvalue weighted by Gasteiger charge is 2.23. The summed E-state index contributed by atoms with van der Waals surface area (Å²) in [7, 11) is 0. The van der Waals surface area contributed by atoms with Crippen molar-refractivity contribution in [2.75, 3.05) is 31.5 Å². The van der Waals surface area contributed by atoms with E-state index in [0.717, 1.165) is 45.4 Å². The molecule has 2 heterocycles. The minimum absolute atomic E-state index is 0.0291. The van der Waals surface area contributed by atoms with Crippen molar-refractivity contribution in [1.82, 2.24) is 10.2 Å². The fraction of sp³-hybridized carbons (Fsp3) is 0.529. The number of anilines is 1. The van der Waals surface area contributed by atoms with Crippen molar-refractivity contribution in [3.63, 3.8) is 0 Å². The lowest BCUT2D eigenvalue weighted by atomic mass is 10.1. The zero-order valence-electron chi connectivity index (χ0n) is 12.8. The second kappa shape index (κ2) is 6.92. The number of benzene rings is 1. The molecular formula is C17H23N3O2. The van der Waals surface area contributed by atoms with Gasteiger partial charge < -0.3 is 15.5 Å². The summed E-state index contributed by atoms with van der Waals surface area (Å²) in [4.78, 5) is 26.6. The maximum Gasteiger partial charge on any atom is 0.253 e. The van der Waals surface area contributed by atoms with Crippen LogP contribution in [0.15, 0.2) is 24.3 Å². The van der Waals surface area contributed by atoms with E-state index in [1.807, 2.05) is 23.1 Å². The van der Waals surface area contributed by atoms with Gasteiger partial charge in [-0.3, -0.25) is 9.59 Å². The standard InChI is InChI=1S/C17H23N3O2/c21-16(14-7-8-18-12-14)19-15-6-4-5-13(11-15)17(22)20-9-2-1-3-10-20/h4-6,11,14,18H,1-3,7-10,12H2,(H,19,21). The molecule has 0 bridgehead atoms. The third kappa shape index (κ3) is 3.47. The molecule has 2 fully saturated rings. The molecule has 5 nitrogen and oxygen atoms in total. The van der Waals surface area contributed by atoms with Gasteiger partial charge in [0.1, 0.15) is 0 Å². The second-order valence-electron chi connectivity index (χ2n) is 6.11. The Morgan fingerprint density at radius 2 is 2.00 bits per heavy atom. The third-order valence-corrected chi connectivity index (χ3v) is 4.45. The van der Waals surface area contributed by atoms with E-state index in [4.69, 9.17) is 0 Å². The molecule has 0 radical (unpaired) electrons. The SMILES string of the molecule is O=C(Nc1cccc(C(=O)N2CCCCC2)c1)C1CCNC1. The Bertz CT molecular complexity index is 547. The van der Waals surface area contributed by atoms with Gasteiger partial charge in [0.15, 0.2) is 0 Å². The molecule has 1 aromatic carbocycles. The molecule has 3 rings (SSSR count). The number of hydrogen-bond donors (Lipinski definition) is 2. The lowest BCUT2D eigenvalue weighted by Gasteiger charge is -2.26. The van der Waals surface area contributed by atoms with E-state index in [0.29, 0.717) is 11.3 Å². The topological polar surface area (TPSA) is 61.4 Å². The first-order chi connectivity index (χ1) is 10.7. The van der Waals surface area contributed by atoms with E-state index in [1.54, 1.807) is 6.07 Å². The Morgan fingerprint density at radius 1 is 1.18 bits per heavy atom. The van der Waals surface area contributed by atoms with Gasteiger partial charge >= 0.3 is 0 Å². The van der Waals surface area contributed by atoms with Crippen LogP contribution in [0.25, 0.3) is 0 Å². The van der Waals surface area contributed by atoms with Crippen LogP contribution in [-0.4, -0.2) is 42.9 Å². The molecule has 1 unspecified atom stereocenters. The monoisotopic (exact) mass is 301 g/mol. The van der Waals surface area contributed by atoms with Crippen LogP contribution in [0.5, 0.6) is 0 Å². The number of hydrogen-bond acceptors (Lipinski definition) is 3. The predicted octanol–water partition coefficient (Wildman–Crippen LogP) is 1.86. The van der Waals surface area contributed by atoms with E-state index in [9.17, 15) is 9.59 Å². The van der Waals surface area contributed by atoms with Crippen LogP contribution < -0.4 is 10.6 Å². The highest BCUT2D eigenvalue weighted by Crippen LogP contribution is 2.18. The van der Waals surface area contributed by atoms with Gasteiger partial charge in [0.25, 0.3) is 5.91 Å². The number of rotatable bonds is 3. The average Bonchev–Trinajstić information content (AvgIpc) is 3.10. The summed E-state index contributed by atoms with van der Waals surface area (Å²) in [6.07, 6.45) is 4.24. The van der Waals surface area contributed by atoms with Crippen LogP contribution in [0.2, 0.25) is 0 Å². The van der Waals surface area contributed by atoms with E-state index in [2.05, 4.69) is 10.6 Å². The van der Waals surface area contributed by atoms with E-state index < -0.39 is 0 Å². The predicted molar refractivity (Wildman–Crippen MR) is 85.8 cm³/mol. The Hall–Kier alpha value is -1.88. The van der Waals surface area contributed by atoms with Gasteiger partial charge in [-0.05, 0) is 50.4 Å². The maximum absolute atomic E-state index is 12.5. The van der Waals surface area contributed by atoms with Gasteiger partial charge in [-0.2, -0.15) is 0 Å². The molecule has 2 amide bonds. The van der Waals surface area contributed by atoms with Crippen molar-refractivity contribution in [2.45, 2.75) is 25.7 Å². The molecule has 2 saturated heterocycles. The summed E-state index contributed by atoms with van der Waals surface area (Å²) in [5, 5.41) is 6.12. The van der Waals surface area contributed by atoms with Crippen molar-refractivity contribution in [2.24, 2.45) is 5.92 Å². The van der Waals surface area contributed by atoms with Crippen molar-refractivity contribution in [1.29, 1.82) is 0 Å². The molecule has 0 aliphatic carbocycles. The van der Waals surface area contributed by atoms with Gasteiger partial charge in [-0.15, -0.1) is 0 Å². The third-order valence-electron chi connectivity index (χ3n) is 4.45. The molecule has 2 aliphatic rings. The number of carbonyl (C=O) groups is 2. The first-order valence-corrected chi connectivity index (χ1v) is 8.15. The van der Waals surface area contributed by atoms with Crippen LogP contribution in [0, 0.1) is 5.92 Å². The molecule has 22 heavy (non-hydrogen) atoms. The number of carbonyl (C=O) groups excluding carboxylic acids is 2. The number of amides is 2. The van der Waals surface area contributed by atoms with Crippen LogP contribution in [0.1, 0.15) is 36.0 Å². The van der Waals surface area contributed by atoms with Crippen LogP contribution in [-0.2, 0) is 4.79 Å².